The van der Waals surface area contributed by atoms with E-state index in [0.717, 1.165) is 4.88 Å². The number of nitrogens with zero attached hydrogens (tertiary/aromatic N) is 3. The summed E-state index contributed by atoms with van der Waals surface area (Å²) in [6.07, 6.45) is 1.29. The summed E-state index contributed by atoms with van der Waals surface area (Å²) >= 11 is 2.69. The molecule has 1 amide bonds. The molecule has 0 bridgehead atoms. The second-order valence-corrected chi connectivity index (χ2v) is 10.4. The number of aromatic nitrogens is 2. The number of carbonyl (C=O) groups excluding carboxylic acids is 1. The van der Waals surface area contributed by atoms with E-state index in [4.69, 9.17) is 4.52 Å². The summed E-state index contributed by atoms with van der Waals surface area (Å²) < 4.78 is 32.2. The molecule has 1 fully saturated rings. The van der Waals surface area contributed by atoms with Gasteiger partial charge in [-0.25, -0.2) is 8.42 Å². The van der Waals surface area contributed by atoms with Crippen molar-refractivity contribution >= 4 is 38.6 Å². The third-order valence-electron chi connectivity index (χ3n) is 4.47. The second kappa shape index (κ2) is 8.11. The standard InChI is InChI=1S/C17H18N4O4S3/c22-17(18-10-14-19-16(20-25-14)13-5-2-8-26-13)12-4-1-7-21(11-12)28(23,24)15-6-3-9-27-15/h2-3,5-6,8-9,12H,1,4,7,10-11H2,(H,18,22). The Morgan fingerprint density at radius 3 is 2.86 bits per heavy atom. The smallest absolute Gasteiger partial charge is 0.252 e. The molecule has 11 heteroatoms. The van der Waals surface area contributed by atoms with Gasteiger partial charge >= 0.3 is 0 Å². The molecule has 0 spiro atoms. The topological polar surface area (TPSA) is 105 Å². The number of piperidine rings is 1. The van der Waals surface area contributed by atoms with Crippen LogP contribution in [0.4, 0.5) is 0 Å². The fourth-order valence-corrected chi connectivity index (χ4v) is 6.37. The molecule has 0 aromatic carbocycles. The Labute approximate surface area is 170 Å². The first-order valence-corrected chi connectivity index (χ1v) is 11.9. The molecule has 28 heavy (non-hydrogen) atoms. The van der Waals surface area contributed by atoms with Crippen molar-refractivity contribution in [3.63, 3.8) is 0 Å². The summed E-state index contributed by atoms with van der Waals surface area (Å²) in [5.74, 6) is 0.200. The molecular weight excluding hydrogens is 420 g/mol. The van der Waals surface area contributed by atoms with Crippen LogP contribution in [0.1, 0.15) is 18.7 Å². The minimum Gasteiger partial charge on any atom is -0.347 e. The molecule has 1 unspecified atom stereocenters. The van der Waals surface area contributed by atoms with Crippen molar-refractivity contribution in [3.8, 4) is 10.7 Å². The lowest BCUT2D eigenvalue weighted by Gasteiger charge is -2.30. The van der Waals surface area contributed by atoms with Crippen LogP contribution in [0, 0.1) is 5.92 Å². The number of carbonyl (C=O) groups is 1. The number of amides is 1. The van der Waals surface area contributed by atoms with Crippen molar-refractivity contribution in [2.75, 3.05) is 13.1 Å². The molecule has 3 aromatic heterocycles. The zero-order valence-electron chi connectivity index (χ0n) is 14.8. The lowest BCUT2D eigenvalue weighted by molar-refractivity contribution is -0.126. The molecule has 1 aliphatic heterocycles. The van der Waals surface area contributed by atoms with Crippen LogP contribution in [-0.2, 0) is 21.4 Å². The third kappa shape index (κ3) is 4.02. The van der Waals surface area contributed by atoms with Gasteiger partial charge in [0.25, 0.3) is 10.0 Å². The molecule has 1 aliphatic rings. The molecule has 4 rings (SSSR count). The fourth-order valence-electron chi connectivity index (χ4n) is 3.05. The van der Waals surface area contributed by atoms with Gasteiger partial charge in [-0.3, -0.25) is 4.79 Å². The lowest BCUT2D eigenvalue weighted by Crippen LogP contribution is -2.45. The highest BCUT2D eigenvalue weighted by Gasteiger charge is 2.33. The Balaban J connectivity index is 1.36. The van der Waals surface area contributed by atoms with E-state index < -0.39 is 15.9 Å². The van der Waals surface area contributed by atoms with Gasteiger partial charge in [0, 0.05) is 13.1 Å². The van der Waals surface area contributed by atoms with Crippen LogP contribution in [0.2, 0.25) is 0 Å². The minimum absolute atomic E-state index is 0.116. The van der Waals surface area contributed by atoms with E-state index in [9.17, 15) is 13.2 Å². The third-order valence-corrected chi connectivity index (χ3v) is 8.57. The summed E-state index contributed by atoms with van der Waals surface area (Å²) in [5, 5.41) is 10.3. The molecule has 8 nitrogen and oxygen atoms in total. The molecule has 4 heterocycles. The van der Waals surface area contributed by atoms with Crippen molar-refractivity contribution in [2.24, 2.45) is 5.92 Å². The highest BCUT2D eigenvalue weighted by atomic mass is 32.2. The van der Waals surface area contributed by atoms with Gasteiger partial charge in [-0.15, -0.1) is 22.7 Å². The van der Waals surface area contributed by atoms with Crippen molar-refractivity contribution in [1.82, 2.24) is 19.8 Å². The molecule has 1 atom stereocenters. The number of hydrogen-bond acceptors (Lipinski definition) is 8. The van der Waals surface area contributed by atoms with Crippen molar-refractivity contribution < 1.29 is 17.7 Å². The highest BCUT2D eigenvalue weighted by Crippen LogP contribution is 2.26. The van der Waals surface area contributed by atoms with Crippen molar-refractivity contribution in [1.29, 1.82) is 0 Å². The van der Waals surface area contributed by atoms with E-state index in [1.807, 2.05) is 17.5 Å². The Morgan fingerprint density at radius 1 is 1.29 bits per heavy atom. The molecule has 0 saturated carbocycles. The number of nitrogens with one attached hydrogen (secondary N) is 1. The zero-order valence-corrected chi connectivity index (χ0v) is 17.2. The van der Waals surface area contributed by atoms with Gasteiger partial charge in [-0.05, 0) is 35.7 Å². The van der Waals surface area contributed by atoms with Gasteiger partial charge in [0.1, 0.15) is 4.21 Å². The predicted molar refractivity (Wildman–Crippen MR) is 105 cm³/mol. The fraction of sp³-hybridized carbons (Fsp3) is 0.353. The van der Waals surface area contributed by atoms with Crippen molar-refractivity contribution in [3.05, 3.63) is 40.9 Å². The van der Waals surface area contributed by atoms with Crippen molar-refractivity contribution in [2.45, 2.75) is 23.6 Å². The molecule has 1 N–H and O–H groups in total. The average Bonchev–Trinajstić information content (AvgIpc) is 3.48. The van der Waals surface area contributed by atoms with Crippen LogP contribution >= 0.6 is 22.7 Å². The van der Waals surface area contributed by atoms with Gasteiger partial charge in [0.05, 0.1) is 17.3 Å². The molecule has 0 radical (unpaired) electrons. The number of rotatable bonds is 6. The maximum absolute atomic E-state index is 12.7. The molecule has 148 valence electrons. The summed E-state index contributed by atoms with van der Waals surface area (Å²) in [6.45, 7) is 0.722. The van der Waals surface area contributed by atoms with E-state index in [1.54, 1.807) is 17.5 Å². The SMILES string of the molecule is O=C(NCc1nc(-c2cccs2)no1)C1CCCN(S(=O)(=O)c2cccs2)C1. The summed E-state index contributed by atoms with van der Waals surface area (Å²) in [6, 6.07) is 7.09. The number of thiophene rings is 2. The number of hydrogen-bond donors (Lipinski definition) is 1. The first-order valence-electron chi connectivity index (χ1n) is 8.72. The molecule has 0 aliphatic carbocycles. The maximum Gasteiger partial charge on any atom is 0.252 e. The predicted octanol–water partition coefficient (Wildman–Crippen LogP) is 2.58. The van der Waals surface area contributed by atoms with Crippen LogP contribution in [0.15, 0.2) is 43.8 Å². The van der Waals surface area contributed by atoms with Crippen LogP contribution < -0.4 is 5.32 Å². The van der Waals surface area contributed by atoms with Crippen LogP contribution in [0.5, 0.6) is 0 Å². The van der Waals surface area contributed by atoms with Crippen LogP contribution in [-0.4, -0.2) is 41.9 Å². The summed E-state index contributed by atoms with van der Waals surface area (Å²) in [5.41, 5.74) is 0. The first kappa shape index (κ1) is 19.2. The van der Waals surface area contributed by atoms with Gasteiger partial charge in [-0.2, -0.15) is 9.29 Å². The molecule has 3 aromatic rings. The van der Waals surface area contributed by atoms with Gasteiger partial charge < -0.3 is 9.84 Å². The molecular formula is C17H18N4O4S3. The average molecular weight is 439 g/mol. The van der Waals surface area contributed by atoms with E-state index in [0.29, 0.717) is 35.3 Å². The quantitative estimate of drug-likeness (QED) is 0.634. The lowest BCUT2D eigenvalue weighted by atomic mass is 9.99. The largest absolute Gasteiger partial charge is 0.347 e. The summed E-state index contributed by atoms with van der Waals surface area (Å²) in [4.78, 5) is 17.7. The molecule has 1 saturated heterocycles. The normalized spacial score (nSPS) is 18.2. The summed E-state index contributed by atoms with van der Waals surface area (Å²) in [7, 11) is -3.54. The van der Waals surface area contributed by atoms with E-state index >= 15 is 0 Å². The maximum atomic E-state index is 12.7. The van der Waals surface area contributed by atoms with E-state index in [2.05, 4.69) is 15.5 Å². The Hall–Kier alpha value is -2.08. The Morgan fingerprint density at radius 2 is 2.11 bits per heavy atom. The first-order chi connectivity index (χ1) is 13.5. The van der Waals surface area contributed by atoms with Gasteiger partial charge in [-0.1, -0.05) is 17.3 Å². The monoisotopic (exact) mass is 438 g/mol. The zero-order chi connectivity index (χ0) is 19.6. The van der Waals surface area contributed by atoms with Gasteiger partial charge in [0.2, 0.25) is 17.6 Å². The second-order valence-electron chi connectivity index (χ2n) is 6.34. The highest BCUT2D eigenvalue weighted by molar-refractivity contribution is 7.91. The van der Waals surface area contributed by atoms with E-state index in [1.165, 1.54) is 27.0 Å². The Bertz CT molecular complexity index is 1030. The van der Waals surface area contributed by atoms with Crippen LogP contribution in [0.3, 0.4) is 0 Å². The van der Waals surface area contributed by atoms with Gasteiger partial charge in [0.15, 0.2) is 0 Å². The van der Waals surface area contributed by atoms with Crippen LogP contribution in [0.25, 0.3) is 10.7 Å². The Kier molecular flexibility index (Phi) is 5.58. The number of sulfonamides is 1. The minimum atomic E-state index is -3.54. The van der Waals surface area contributed by atoms with E-state index in [-0.39, 0.29) is 19.0 Å².